The number of sulfonamides is 2. The molecule has 64 heavy (non-hydrogen) atoms. The van der Waals surface area contributed by atoms with E-state index >= 15 is 0 Å². The van der Waals surface area contributed by atoms with Crippen LogP contribution in [0.3, 0.4) is 0 Å². The number of hydrogen-bond acceptors (Lipinski definition) is 12. The fourth-order valence-electron chi connectivity index (χ4n) is 7.98. The van der Waals surface area contributed by atoms with Crippen LogP contribution in [0.25, 0.3) is 0 Å². The van der Waals surface area contributed by atoms with E-state index in [-0.39, 0.29) is 54.5 Å². The Kier molecular flexibility index (Phi) is 15.3. The van der Waals surface area contributed by atoms with Crippen LogP contribution in [-0.2, 0) is 47.2 Å². The molecule has 0 radical (unpaired) electrons. The maximum Gasteiger partial charge on any atom is 0.408 e. The minimum absolute atomic E-state index is 0.0621. The SMILES string of the molecule is Cc1c(C)c(S(=O)(=O)NC(N)=NCCC[C@H](NC(=O)[C@H](CCCN=C(N)NS(=O)(=O)c2c(C)c(C)c3c(c2C)CC(C)(C)O3)NC(=O)OC(C)(C)C)C(=O)O)c(C)c2c1OC(C)(C)C2. The number of rotatable bonds is 16. The van der Waals surface area contributed by atoms with Gasteiger partial charge in [-0.1, -0.05) is 0 Å². The lowest BCUT2D eigenvalue weighted by Gasteiger charge is -2.24. The van der Waals surface area contributed by atoms with Gasteiger partial charge in [0.15, 0.2) is 0 Å². The Balaban J connectivity index is 1.39. The molecule has 19 nitrogen and oxygen atoms in total. The van der Waals surface area contributed by atoms with Crippen LogP contribution < -0.4 is 41.0 Å². The summed E-state index contributed by atoms with van der Waals surface area (Å²) in [6, 6.07) is -2.71. The van der Waals surface area contributed by atoms with Gasteiger partial charge in [-0.25, -0.2) is 35.9 Å². The molecule has 0 aromatic heterocycles. The highest BCUT2D eigenvalue weighted by Gasteiger charge is 2.38. The van der Waals surface area contributed by atoms with Gasteiger partial charge in [0, 0.05) is 37.1 Å². The Hall–Kier alpha value is -5.31. The Bertz CT molecular complexity index is 2470. The van der Waals surface area contributed by atoms with Crippen molar-refractivity contribution in [3.05, 3.63) is 44.5 Å². The van der Waals surface area contributed by atoms with E-state index in [9.17, 15) is 36.3 Å². The first-order chi connectivity index (χ1) is 29.3. The molecule has 2 aromatic carbocycles. The summed E-state index contributed by atoms with van der Waals surface area (Å²) in [5, 5.41) is 14.9. The van der Waals surface area contributed by atoms with E-state index in [1.54, 1.807) is 62.3 Å². The molecule has 4 rings (SSSR count). The number of carbonyl (C=O) groups is 3. The zero-order chi connectivity index (χ0) is 48.5. The number of nitrogens with one attached hydrogen (secondary N) is 4. The summed E-state index contributed by atoms with van der Waals surface area (Å²) in [6.07, 6.45) is 0.126. The molecule has 0 spiro atoms. The molecule has 0 aliphatic carbocycles. The van der Waals surface area contributed by atoms with Crippen LogP contribution in [0.5, 0.6) is 11.5 Å². The normalized spacial score (nSPS) is 16.7. The van der Waals surface area contributed by atoms with Crippen molar-refractivity contribution in [2.24, 2.45) is 21.5 Å². The van der Waals surface area contributed by atoms with Crippen molar-refractivity contribution in [2.45, 2.75) is 167 Å². The maximum atomic E-state index is 13.6. The standard InChI is InChI=1S/C43H66N8O11S2/c1-22-24(3)34(26(5)28-20-42(10,11)60-32(22)28)63(56,57)50-38(44)46-18-14-16-30(49-40(55)62-41(7,8)9)36(52)48-31(37(53)54)17-15-19-47-39(45)51-64(58,59)35-25(4)23(2)33-29(27(35)6)21-43(12,13)61-33/h30-31H,14-21H2,1-13H3,(H,48,52)(H,49,55)(H,53,54)(H3,44,46,50)(H3,45,47,51)/t30-,31-/m0/s1. The smallest absolute Gasteiger partial charge is 0.408 e. The van der Waals surface area contributed by atoms with Crippen LogP contribution in [-0.4, -0.2) is 93.8 Å². The highest BCUT2D eigenvalue weighted by atomic mass is 32.2. The van der Waals surface area contributed by atoms with E-state index in [2.05, 4.69) is 30.1 Å². The zero-order valence-electron chi connectivity index (χ0n) is 39.2. The fourth-order valence-corrected chi connectivity index (χ4v) is 11.0. The van der Waals surface area contributed by atoms with Crippen LogP contribution in [0.2, 0.25) is 0 Å². The second kappa shape index (κ2) is 19.0. The molecule has 2 aliphatic heterocycles. The summed E-state index contributed by atoms with van der Waals surface area (Å²) in [5.74, 6) is -1.63. The van der Waals surface area contributed by atoms with Crippen LogP contribution in [0, 0.1) is 41.5 Å². The molecule has 356 valence electrons. The molecular weight excluding hydrogens is 869 g/mol. The van der Waals surface area contributed by atoms with Crippen molar-refractivity contribution in [2.75, 3.05) is 13.1 Å². The van der Waals surface area contributed by atoms with Gasteiger partial charge < -0.3 is 41.4 Å². The van der Waals surface area contributed by atoms with Crippen molar-refractivity contribution >= 4 is 49.9 Å². The molecule has 0 unspecified atom stereocenters. The zero-order valence-corrected chi connectivity index (χ0v) is 40.8. The van der Waals surface area contributed by atoms with Crippen molar-refractivity contribution < 1.29 is 50.5 Å². The largest absolute Gasteiger partial charge is 0.487 e. The van der Waals surface area contributed by atoms with Crippen molar-refractivity contribution in [3.8, 4) is 11.5 Å². The number of hydrogen-bond donors (Lipinski definition) is 7. The second-order valence-corrected chi connectivity index (χ2v) is 22.0. The molecule has 2 amide bonds. The Morgan fingerprint density at radius 2 is 1.08 bits per heavy atom. The van der Waals surface area contributed by atoms with Crippen molar-refractivity contribution in [1.29, 1.82) is 0 Å². The topological polar surface area (TPSA) is 292 Å². The number of carboxylic acid groups (broad SMARTS) is 1. The third-order valence-electron chi connectivity index (χ3n) is 11.1. The Morgan fingerprint density at radius 1 is 0.688 bits per heavy atom. The third-order valence-corrected chi connectivity index (χ3v) is 14.3. The van der Waals surface area contributed by atoms with Crippen LogP contribution in [0.15, 0.2) is 19.8 Å². The summed E-state index contributed by atoms with van der Waals surface area (Å²) in [5.41, 5.74) is 15.3. The Morgan fingerprint density at radius 3 is 1.45 bits per heavy atom. The van der Waals surface area contributed by atoms with Crippen LogP contribution >= 0.6 is 0 Å². The van der Waals surface area contributed by atoms with Crippen molar-refractivity contribution in [1.82, 2.24) is 20.1 Å². The number of nitrogens with two attached hydrogens (primary N) is 2. The number of aliphatic imine (C=N–C) groups is 2. The quantitative estimate of drug-likeness (QED) is 0.0716. The molecule has 0 fully saturated rings. The van der Waals surface area contributed by atoms with Gasteiger partial charge in [0.25, 0.3) is 20.0 Å². The number of carboxylic acids is 1. The minimum Gasteiger partial charge on any atom is -0.487 e. The number of nitrogens with zero attached hydrogens (tertiary/aromatic N) is 2. The monoisotopic (exact) mass is 934 g/mol. The average Bonchev–Trinajstić information content (AvgIpc) is 3.66. The summed E-state index contributed by atoms with van der Waals surface area (Å²) in [6.45, 7) is 22.9. The van der Waals surface area contributed by atoms with E-state index < -0.39 is 72.9 Å². The molecular formula is C43H66N8O11S2. The van der Waals surface area contributed by atoms with Gasteiger partial charge in [0.2, 0.25) is 17.8 Å². The number of ether oxygens (including phenoxy) is 3. The maximum absolute atomic E-state index is 13.6. The van der Waals surface area contributed by atoms with Crippen LogP contribution in [0.1, 0.15) is 119 Å². The van der Waals surface area contributed by atoms with E-state index in [0.29, 0.717) is 57.7 Å². The summed E-state index contributed by atoms with van der Waals surface area (Å²) in [4.78, 5) is 47.0. The van der Waals surface area contributed by atoms with Gasteiger partial charge in [0.05, 0.1) is 9.79 Å². The summed E-state index contributed by atoms with van der Waals surface area (Å²) < 4.78 is 76.5. The fraction of sp³-hybridized carbons (Fsp3) is 0.605. The molecule has 21 heteroatoms. The molecule has 2 heterocycles. The van der Waals surface area contributed by atoms with Gasteiger partial charge >= 0.3 is 12.1 Å². The second-order valence-electron chi connectivity index (χ2n) is 18.7. The predicted molar refractivity (Wildman–Crippen MR) is 243 cm³/mol. The highest BCUT2D eigenvalue weighted by molar-refractivity contribution is 7.90. The van der Waals surface area contributed by atoms with Crippen molar-refractivity contribution in [3.63, 3.8) is 0 Å². The van der Waals surface area contributed by atoms with Gasteiger partial charge in [-0.3, -0.25) is 14.8 Å². The van der Waals surface area contributed by atoms with Gasteiger partial charge in [0.1, 0.15) is 40.4 Å². The molecule has 2 aromatic rings. The number of aliphatic carboxylic acids is 1. The first-order valence-electron chi connectivity index (χ1n) is 21.1. The number of alkyl carbamates (subject to hydrolysis) is 1. The van der Waals surface area contributed by atoms with Crippen LogP contribution in [0.4, 0.5) is 4.79 Å². The number of benzene rings is 2. The van der Waals surface area contributed by atoms with E-state index in [0.717, 1.165) is 11.1 Å². The van der Waals surface area contributed by atoms with E-state index in [1.807, 2.05) is 27.7 Å². The molecule has 9 N–H and O–H groups in total. The summed E-state index contributed by atoms with van der Waals surface area (Å²) in [7, 11) is -8.34. The lowest BCUT2D eigenvalue weighted by Crippen LogP contribution is -2.52. The first kappa shape index (κ1) is 51.3. The van der Waals surface area contributed by atoms with Gasteiger partial charge in [-0.05, 0) is 149 Å². The number of fused-ring (bicyclic) bond motifs is 2. The van der Waals surface area contributed by atoms with Gasteiger partial charge in [-0.2, -0.15) is 0 Å². The molecule has 2 atom stereocenters. The Labute approximate surface area is 377 Å². The number of carbonyl (C=O) groups excluding carboxylic acids is 2. The lowest BCUT2D eigenvalue weighted by molar-refractivity contribution is -0.142. The first-order valence-corrected chi connectivity index (χ1v) is 24.1. The number of guanidine groups is 2. The van der Waals surface area contributed by atoms with E-state index in [1.165, 1.54) is 0 Å². The minimum atomic E-state index is -4.17. The molecule has 0 saturated carbocycles. The molecule has 2 aliphatic rings. The summed E-state index contributed by atoms with van der Waals surface area (Å²) >= 11 is 0. The lowest BCUT2D eigenvalue weighted by atomic mass is 9.94. The predicted octanol–water partition coefficient (Wildman–Crippen LogP) is 3.87. The van der Waals surface area contributed by atoms with E-state index in [4.69, 9.17) is 25.7 Å². The highest BCUT2D eigenvalue weighted by Crippen LogP contribution is 2.45. The average molecular weight is 935 g/mol. The third kappa shape index (κ3) is 12.3. The molecule has 0 bridgehead atoms. The number of amides is 2. The van der Waals surface area contributed by atoms with Gasteiger partial charge in [-0.15, -0.1) is 0 Å². The molecule has 0 saturated heterocycles.